The molecule has 2 aromatic rings. The van der Waals surface area contributed by atoms with Crippen molar-refractivity contribution in [3.05, 3.63) is 48.0 Å². The van der Waals surface area contributed by atoms with Crippen molar-refractivity contribution in [3.63, 3.8) is 0 Å². The lowest BCUT2D eigenvalue weighted by molar-refractivity contribution is -0.499. The second kappa shape index (κ2) is 4.72. The molecule has 0 heterocycles. The average molecular weight is 230 g/mol. The van der Waals surface area contributed by atoms with Crippen molar-refractivity contribution in [2.75, 3.05) is 0 Å². The molecule has 2 aromatic carbocycles. The molecule has 16 heavy (non-hydrogen) atoms. The van der Waals surface area contributed by atoms with E-state index in [1.165, 1.54) is 10.8 Å². The van der Waals surface area contributed by atoms with Gasteiger partial charge in [-0.2, -0.15) is 0 Å². The molecule has 0 aliphatic rings. The molecule has 0 saturated heterocycles. The molecule has 0 saturated carbocycles. The van der Waals surface area contributed by atoms with Gasteiger partial charge in [0.1, 0.15) is 0 Å². The van der Waals surface area contributed by atoms with Crippen molar-refractivity contribution < 1.29 is 5.10 Å². The summed E-state index contributed by atoms with van der Waals surface area (Å²) in [5, 5.41) is 5.46. The van der Waals surface area contributed by atoms with Crippen LogP contribution in [0.3, 0.4) is 0 Å². The molecule has 3 nitrogen and oxygen atoms in total. The fourth-order valence-corrected chi connectivity index (χ4v) is 1.62. The molecular weight excluding hydrogens is 218 g/mol. The van der Waals surface area contributed by atoms with Gasteiger partial charge in [0, 0.05) is 5.56 Å². The van der Waals surface area contributed by atoms with Crippen LogP contribution in [0.4, 0.5) is 0 Å². The van der Waals surface area contributed by atoms with E-state index in [1.54, 1.807) is 0 Å². The number of rotatable bonds is 2. The van der Waals surface area contributed by atoms with E-state index >= 15 is 0 Å². The van der Waals surface area contributed by atoms with Crippen molar-refractivity contribution in [2.24, 2.45) is 5.73 Å². The maximum atomic E-state index is 5.31. The van der Waals surface area contributed by atoms with Crippen LogP contribution in [0.15, 0.2) is 42.5 Å². The number of hydrogen-bond acceptors (Lipinski definition) is 1. The normalized spacial score (nSPS) is 10.8. The van der Waals surface area contributed by atoms with Crippen LogP contribution in [0.2, 0.25) is 0 Å². The first kappa shape index (κ1) is 10.6. The Balaban J connectivity index is 2.37. The highest BCUT2D eigenvalue weighted by Gasteiger charge is 1.99. The number of thiocarbonyl (C=S) groups is 1. The fourth-order valence-electron chi connectivity index (χ4n) is 1.56. The van der Waals surface area contributed by atoms with Crippen LogP contribution in [0.5, 0.6) is 0 Å². The SMILES string of the molecule is NC(=S)N[NH+]=Cc1cccc2ccccc12. The van der Waals surface area contributed by atoms with Gasteiger partial charge in [-0.05, 0) is 29.1 Å². The van der Waals surface area contributed by atoms with Gasteiger partial charge in [-0.25, -0.2) is 0 Å². The molecule has 0 aliphatic heterocycles. The van der Waals surface area contributed by atoms with E-state index < -0.39 is 0 Å². The van der Waals surface area contributed by atoms with Crippen LogP contribution in [-0.4, -0.2) is 11.3 Å². The minimum absolute atomic E-state index is 0.219. The molecule has 0 radical (unpaired) electrons. The van der Waals surface area contributed by atoms with Crippen molar-refractivity contribution >= 4 is 34.3 Å². The monoisotopic (exact) mass is 230 g/mol. The minimum Gasteiger partial charge on any atom is -0.372 e. The molecule has 0 atom stereocenters. The number of nitrogens with two attached hydrogens (primary N) is 1. The maximum Gasteiger partial charge on any atom is 0.221 e. The maximum absolute atomic E-state index is 5.31. The predicted octanol–water partition coefficient (Wildman–Crippen LogP) is 0.0875. The molecule has 0 fully saturated rings. The lowest BCUT2D eigenvalue weighted by Crippen LogP contribution is -2.82. The Morgan fingerprint density at radius 1 is 1.19 bits per heavy atom. The second-order valence-corrected chi connectivity index (χ2v) is 3.79. The summed E-state index contributed by atoms with van der Waals surface area (Å²) in [5.74, 6) is 0. The number of fused-ring (bicyclic) bond motifs is 1. The van der Waals surface area contributed by atoms with E-state index in [4.69, 9.17) is 18.0 Å². The van der Waals surface area contributed by atoms with Gasteiger partial charge in [-0.3, -0.25) is 0 Å². The Morgan fingerprint density at radius 2 is 1.94 bits per heavy atom. The molecule has 0 bridgehead atoms. The van der Waals surface area contributed by atoms with Gasteiger partial charge < -0.3 is 5.73 Å². The van der Waals surface area contributed by atoms with Gasteiger partial charge in [0.2, 0.25) is 5.11 Å². The topological polar surface area (TPSA) is 52.0 Å². The Bertz CT molecular complexity index is 543. The number of hydrazine groups is 1. The highest BCUT2D eigenvalue weighted by Crippen LogP contribution is 2.15. The summed E-state index contributed by atoms with van der Waals surface area (Å²) in [5.41, 5.74) is 9.05. The Kier molecular flexibility index (Phi) is 3.12. The molecule has 80 valence electrons. The van der Waals surface area contributed by atoms with Gasteiger partial charge in [-0.15, -0.1) is 10.5 Å². The van der Waals surface area contributed by atoms with Crippen LogP contribution in [0, 0.1) is 0 Å². The van der Waals surface area contributed by atoms with Crippen LogP contribution < -0.4 is 16.3 Å². The molecule has 0 unspecified atom stereocenters. The molecule has 0 aliphatic carbocycles. The summed E-state index contributed by atoms with van der Waals surface area (Å²) < 4.78 is 0. The van der Waals surface area contributed by atoms with Crippen molar-refractivity contribution in [3.8, 4) is 0 Å². The summed E-state index contributed by atoms with van der Waals surface area (Å²) >= 11 is 4.69. The Morgan fingerprint density at radius 3 is 2.75 bits per heavy atom. The Labute approximate surface area is 99.0 Å². The van der Waals surface area contributed by atoms with E-state index in [0.717, 1.165) is 5.56 Å². The quantitative estimate of drug-likeness (QED) is 0.389. The standard InChI is InChI=1S/C12H11N3S/c13-12(16)15-14-8-10-6-3-5-9-4-1-2-7-11(9)10/h1-8H,(H3,13,15,16)/p+1. The highest BCUT2D eigenvalue weighted by atomic mass is 32.1. The number of hydrogen-bond donors (Lipinski definition) is 3. The van der Waals surface area contributed by atoms with E-state index in [-0.39, 0.29) is 5.11 Å². The van der Waals surface area contributed by atoms with Gasteiger partial charge in [0.15, 0.2) is 6.21 Å². The van der Waals surface area contributed by atoms with Crippen molar-refractivity contribution in [1.29, 1.82) is 0 Å². The third-order valence-electron chi connectivity index (χ3n) is 2.25. The first-order valence-electron chi connectivity index (χ1n) is 4.89. The smallest absolute Gasteiger partial charge is 0.221 e. The van der Waals surface area contributed by atoms with E-state index in [0.29, 0.717) is 0 Å². The number of hydrazone groups is 1. The zero-order valence-electron chi connectivity index (χ0n) is 8.60. The summed E-state index contributed by atoms with van der Waals surface area (Å²) in [6.07, 6.45) is 1.83. The summed E-state index contributed by atoms with van der Waals surface area (Å²) in [6.45, 7) is 0. The first-order chi connectivity index (χ1) is 7.77. The largest absolute Gasteiger partial charge is 0.372 e. The van der Waals surface area contributed by atoms with E-state index in [1.807, 2.05) is 30.5 Å². The van der Waals surface area contributed by atoms with Crippen LogP contribution in [0.25, 0.3) is 10.8 Å². The second-order valence-electron chi connectivity index (χ2n) is 3.35. The lowest BCUT2D eigenvalue weighted by Gasteiger charge is -1.98. The Hall–Kier alpha value is -1.94. The van der Waals surface area contributed by atoms with E-state index in [2.05, 4.69) is 28.7 Å². The summed E-state index contributed by atoms with van der Waals surface area (Å²) in [4.78, 5) is 0. The molecule has 0 amide bonds. The van der Waals surface area contributed by atoms with Gasteiger partial charge in [0.25, 0.3) is 0 Å². The number of benzene rings is 2. The molecule has 0 aromatic heterocycles. The third-order valence-corrected chi connectivity index (χ3v) is 2.35. The van der Waals surface area contributed by atoms with Gasteiger partial charge in [-0.1, -0.05) is 36.4 Å². The van der Waals surface area contributed by atoms with Crippen LogP contribution >= 0.6 is 12.2 Å². The zero-order chi connectivity index (χ0) is 11.4. The highest BCUT2D eigenvalue weighted by molar-refractivity contribution is 7.80. The van der Waals surface area contributed by atoms with Gasteiger partial charge >= 0.3 is 0 Å². The van der Waals surface area contributed by atoms with Crippen molar-refractivity contribution in [1.82, 2.24) is 5.43 Å². The minimum atomic E-state index is 0.219. The average Bonchev–Trinajstić information content (AvgIpc) is 2.29. The van der Waals surface area contributed by atoms with Crippen LogP contribution in [0.1, 0.15) is 5.56 Å². The molecule has 0 spiro atoms. The molecule has 4 N–H and O–H groups in total. The van der Waals surface area contributed by atoms with Crippen LogP contribution in [-0.2, 0) is 0 Å². The summed E-state index contributed by atoms with van der Waals surface area (Å²) in [7, 11) is 0. The van der Waals surface area contributed by atoms with Crippen molar-refractivity contribution in [2.45, 2.75) is 0 Å². The predicted molar refractivity (Wildman–Crippen MR) is 70.0 cm³/mol. The summed E-state index contributed by atoms with van der Waals surface area (Å²) in [6, 6.07) is 14.3. The third kappa shape index (κ3) is 2.35. The lowest BCUT2D eigenvalue weighted by atomic mass is 10.1. The fraction of sp³-hybridized carbons (Fsp3) is 0. The molecular formula is C12H12N3S+. The first-order valence-corrected chi connectivity index (χ1v) is 5.30. The molecule has 2 rings (SSSR count). The van der Waals surface area contributed by atoms with Gasteiger partial charge in [0.05, 0.1) is 0 Å². The number of nitrogens with one attached hydrogen (secondary N) is 2. The van der Waals surface area contributed by atoms with E-state index in [9.17, 15) is 0 Å². The zero-order valence-corrected chi connectivity index (χ0v) is 9.42. The molecule has 4 heteroatoms.